The number of rotatable bonds is 3. The average molecular weight is 349 g/mol. The summed E-state index contributed by atoms with van der Waals surface area (Å²) in [5.74, 6) is 0. The zero-order valence-corrected chi connectivity index (χ0v) is 13.1. The molecule has 19 heavy (non-hydrogen) atoms. The van der Waals surface area contributed by atoms with Gasteiger partial charge < -0.3 is 10.8 Å². The fourth-order valence-electron chi connectivity index (χ4n) is 2.08. The molecule has 0 aliphatic heterocycles. The van der Waals surface area contributed by atoms with Crippen molar-refractivity contribution >= 4 is 31.6 Å². The first kappa shape index (κ1) is 14.8. The molecule has 106 valence electrons. The zero-order chi connectivity index (χ0) is 14.4. The standard InChI is InChI=1S/C12H17BrN2O3S/c1-12(2)10(6-11(12)16)15-19(17,18)9-5-7(14)3-4-8(9)13/h3-5,10-11,15-16H,6,14H2,1-2H3. The summed E-state index contributed by atoms with van der Waals surface area (Å²) in [5.41, 5.74) is 5.55. The van der Waals surface area contributed by atoms with E-state index >= 15 is 0 Å². The highest BCUT2D eigenvalue weighted by molar-refractivity contribution is 9.10. The molecule has 0 amide bonds. The SMILES string of the molecule is CC1(C)C(O)CC1NS(=O)(=O)c1cc(N)ccc1Br. The van der Waals surface area contributed by atoms with Crippen molar-refractivity contribution in [1.29, 1.82) is 0 Å². The van der Waals surface area contributed by atoms with Gasteiger partial charge in [0, 0.05) is 21.6 Å². The number of hydrogen-bond donors (Lipinski definition) is 3. The summed E-state index contributed by atoms with van der Waals surface area (Å²) in [5, 5.41) is 9.65. The van der Waals surface area contributed by atoms with Crippen LogP contribution >= 0.6 is 15.9 Å². The Balaban J connectivity index is 2.27. The number of nitrogens with two attached hydrogens (primary N) is 1. The van der Waals surface area contributed by atoms with Gasteiger partial charge in [-0.15, -0.1) is 0 Å². The van der Waals surface area contributed by atoms with Gasteiger partial charge in [0.05, 0.1) is 11.0 Å². The van der Waals surface area contributed by atoms with E-state index in [2.05, 4.69) is 20.7 Å². The maximum atomic E-state index is 12.3. The Kier molecular flexibility index (Phi) is 3.68. The molecule has 2 rings (SSSR count). The van der Waals surface area contributed by atoms with Gasteiger partial charge in [0.2, 0.25) is 10.0 Å². The van der Waals surface area contributed by atoms with E-state index in [-0.39, 0.29) is 10.9 Å². The number of aliphatic hydroxyl groups is 1. The van der Waals surface area contributed by atoms with Gasteiger partial charge >= 0.3 is 0 Å². The summed E-state index contributed by atoms with van der Waals surface area (Å²) in [6, 6.07) is 4.36. The molecule has 1 aromatic carbocycles. The highest BCUT2D eigenvalue weighted by atomic mass is 79.9. The fraction of sp³-hybridized carbons (Fsp3) is 0.500. The van der Waals surface area contributed by atoms with E-state index < -0.39 is 21.5 Å². The largest absolute Gasteiger partial charge is 0.399 e. The molecule has 1 aliphatic rings. The maximum Gasteiger partial charge on any atom is 0.242 e. The normalized spacial score (nSPS) is 25.9. The molecule has 0 radical (unpaired) electrons. The molecule has 1 saturated carbocycles. The number of halogens is 1. The smallest absolute Gasteiger partial charge is 0.242 e. The highest BCUT2D eigenvalue weighted by Gasteiger charge is 2.49. The second-order valence-electron chi connectivity index (χ2n) is 5.44. The van der Waals surface area contributed by atoms with Crippen LogP contribution in [-0.2, 0) is 10.0 Å². The van der Waals surface area contributed by atoms with Crippen LogP contribution in [0.25, 0.3) is 0 Å². The molecule has 0 saturated heterocycles. The minimum atomic E-state index is -3.66. The van der Waals surface area contributed by atoms with Crippen molar-refractivity contribution in [3.8, 4) is 0 Å². The summed E-state index contributed by atoms with van der Waals surface area (Å²) in [7, 11) is -3.66. The molecule has 2 atom stereocenters. The number of nitrogen functional groups attached to an aromatic ring is 1. The van der Waals surface area contributed by atoms with E-state index in [0.29, 0.717) is 16.6 Å². The Hall–Kier alpha value is -0.630. The predicted octanol–water partition coefficient (Wildman–Crippen LogP) is 1.47. The van der Waals surface area contributed by atoms with Crippen LogP contribution in [0.5, 0.6) is 0 Å². The van der Waals surface area contributed by atoms with Crippen molar-refractivity contribution in [2.75, 3.05) is 5.73 Å². The molecular weight excluding hydrogens is 332 g/mol. The van der Waals surface area contributed by atoms with Gasteiger partial charge in [-0.05, 0) is 40.5 Å². The molecular formula is C12H17BrN2O3S. The van der Waals surface area contributed by atoms with Gasteiger partial charge in [0.15, 0.2) is 0 Å². The van der Waals surface area contributed by atoms with E-state index in [1.807, 2.05) is 13.8 Å². The second-order valence-corrected chi connectivity index (χ2v) is 7.97. The summed E-state index contributed by atoms with van der Waals surface area (Å²) < 4.78 is 27.7. The molecule has 4 N–H and O–H groups in total. The van der Waals surface area contributed by atoms with Crippen molar-refractivity contribution in [3.63, 3.8) is 0 Å². The van der Waals surface area contributed by atoms with Crippen LogP contribution in [0.15, 0.2) is 27.6 Å². The molecule has 1 aromatic rings. The van der Waals surface area contributed by atoms with Crippen molar-refractivity contribution < 1.29 is 13.5 Å². The molecule has 0 bridgehead atoms. The number of aliphatic hydroxyl groups excluding tert-OH is 1. The van der Waals surface area contributed by atoms with E-state index in [1.165, 1.54) is 6.07 Å². The first-order chi connectivity index (χ1) is 8.64. The van der Waals surface area contributed by atoms with E-state index in [4.69, 9.17) is 5.73 Å². The van der Waals surface area contributed by atoms with Crippen LogP contribution in [0.4, 0.5) is 5.69 Å². The first-order valence-electron chi connectivity index (χ1n) is 5.90. The summed E-state index contributed by atoms with van der Waals surface area (Å²) in [4.78, 5) is 0.115. The maximum absolute atomic E-state index is 12.3. The van der Waals surface area contributed by atoms with E-state index in [9.17, 15) is 13.5 Å². The Morgan fingerprint density at radius 3 is 2.63 bits per heavy atom. The second kappa shape index (κ2) is 4.73. The van der Waals surface area contributed by atoms with Crippen molar-refractivity contribution in [1.82, 2.24) is 4.72 Å². The molecule has 1 aliphatic carbocycles. The quantitative estimate of drug-likeness (QED) is 0.721. The topological polar surface area (TPSA) is 92.4 Å². The van der Waals surface area contributed by atoms with Gasteiger partial charge in [-0.2, -0.15) is 0 Å². The van der Waals surface area contributed by atoms with Gasteiger partial charge in [-0.3, -0.25) is 0 Å². The van der Waals surface area contributed by atoms with E-state index in [0.717, 1.165) is 0 Å². The van der Waals surface area contributed by atoms with Gasteiger partial charge in [0.25, 0.3) is 0 Å². The summed E-state index contributed by atoms with van der Waals surface area (Å²) in [6.07, 6.45) is -0.0592. The van der Waals surface area contributed by atoms with Crippen molar-refractivity contribution in [3.05, 3.63) is 22.7 Å². The van der Waals surface area contributed by atoms with Crippen LogP contribution < -0.4 is 10.5 Å². The van der Waals surface area contributed by atoms with Crippen LogP contribution in [0.2, 0.25) is 0 Å². The lowest BCUT2D eigenvalue weighted by atomic mass is 9.65. The lowest BCUT2D eigenvalue weighted by Crippen LogP contribution is -2.61. The Morgan fingerprint density at radius 2 is 2.11 bits per heavy atom. The predicted molar refractivity (Wildman–Crippen MR) is 77.1 cm³/mol. The third-order valence-electron chi connectivity index (χ3n) is 3.76. The number of anilines is 1. The zero-order valence-electron chi connectivity index (χ0n) is 10.7. The molecule has 1 fully saturated rings. The third-order valence-corrected chi connectivity index (χ3v) is 6.22. The third kappa shape index (κ3) is 2.65. The number of hydrogen-bond acceptors (Lipinski definition) is 4. The Labute approximate surface area is 121 Å². The van der Waals surface area contributed by atoms with E-state index in [1.54, 1.807) is 12.1 Å². The van der Waals surface area contributed by atoms with Crippen LogP contribution in [-0.4, -0.2) is 25.7 Å². The molecule has 0 spiro atoms. The number of nitrogens with one attached hydrogen (secondary N) is 1. The molecule has 7 heteroatoms. The monoisotopic (exact) mass is 348 g/mol. The highest BCUT2D eigenvalue weighted by Crippen LogP contribution is 2.41. The summed E-state index contributed by atoms with van der Waals surface area (Å²) in [6.45, 7) is 3.67. The Morgan fingerprint density at radius 1 is 1.47 bits per heavy atom. The van der Waals surface area contributed by atoms with Crippen LogP contribution in [0, 0.1) is 5.41 Å². The molecule has 0 heterocycles. The molecule has 2 unspecified atom stereocenters. The van der Waals surface area contributed by atoms with Crippen LogP contribution in [0.1, 0.15) is 20.3 Å². The Bertz CT molecular complexity index is 601. The fourth-order valence-corrected chi connectivity index (χ4v) is 4.48. The minimum Gasteiger partial charge on any atom is -0.399 e. The average Bonchev–Trinajstić information content (AvgIpc) is 2.31. The van der Waals surface area contributed by atoms with Crippen molar-refractivity contribution in [2.24, 2.45) is 5.41 Å². The number of benzene rings is 1. The number of sulfonamides is 1. The van der Waals surface area contributed by atoms with Crippen LogP contribution in [0.3, 0.4) is 0 Å². The lowest BCUT2D eigenvalue weighted by Gasteiger charge is -2.49. The van der Waals surface area contributed by atoms with Gasteiger partial charge in [-0.1, -0.05) is 13.8 Å². The summed E-state index contributed by atoms with van der Waals surface area (Å²) >= 11 is 3.21. The molecule has 5 nitrogen and oxygen atoms in total. The lowest BCUT2D eigenvalue weighted by molar-refractivity contribution is -0.0645. The molecule has 0 aromatic heterocycles. The van der Waals surface area contributed by atoms with Gasteiger partial charge in [-0.25, -0.2) is 13.1 Å². The first-order valence-corrected chi connectivity index (χ1v) is 8.17. The minimum absolute atomic E-state index is 0.115. The van der Waals surface area contributed by atoms with Crippen molar-refractivity contribution in [2.45, 2.75) is 37.3 Å². The van der Waals surface area contributed by atoms with Gasteiger partial charge in [0.1, 0.15) is 0 Å².